The maximum absolute atomic E-state index is 12.9. The Bertz CT molecular complexity index is 828. The summed E-state index contributed by atoms with van der Waals surface area (Å²) in [6, 6.07) is 5.66. The van der Waals surface area contributed by atoms with Crippen LogP contribution in [0.5, 0.6) is 5.75 Å². The van der Waals surface area contributed by atoms with Gasteiger partial charge in [-0.15, -0.1) is 5.10 Å². The third kappa shape index (κ3) is 3.80. The van der Waals surface area contributed by atoms with Crippen LogP contribution in [0.2, 0.25) is 0 Å². The minimum absolute atomic E-state index is 0.0290. The van der Waals surface area contributed by atoms with Crippen molar-refractivity contribution in [3.63, 3.8) is 0 Å². The summed E-state index contributed by atoms with van der Waals surface area (Å²) in [5, 5.41) is 10.9. The van der Waals surface area contributed by atoms with E-state index in [1.54, 1.807) is 0 Å². The molecule has 148 valence electrons. The van der Waals surface area contributed by atoms with Gasteiger partial charge in [0, 0.05) is 19.5 Å². The van der Waals surface area contributed by atoms with Gasteiger partial charge in [-0.05, 0) is 47.5 Å². The fraction of sp³-hybridized carbons (Fsp3) is 0.500. The second kappa shape index (κ2) is 7.91. The van der Waals surface area contributed by atoms with Crippen LogP contribution in [0.4, 0.5) is 4.39 Å². The zero-order valence-corrected chi connectivity index (χ0v) is 15.3. The molecule has 0 radical (unpaired) electrons. The van der Waals surface area contributed by atoms with E-state index < -0.39 is 0 Å². The monoisotopic (exact) mass is 388 g/mol. The van der Waals surface area contributed by atoms with Gasteiger partial charge in [0.1, 0.15) is 17.9 Å². The van der Waals surface area contributed by atoms with Crippen LogP contribution >= 0.6 is 0 Å². The number of aryl methyl sites for hydroxylation is 1. The van der Waals surface area contributed by atoms with Crippen LogP contribution in [-0.4, -0.2) is 73.6 Å². The molecule has 2 aromatic rings. The highest BCUT2D eigenvalue weighted by Gasteiger charge is 2.45. The summed E-state index contributed by atoms with van der Waals surface area (Å²) < 4.78 is 19.9. The van der Waals surface area contributed by atoms with E-state index in [4.69, 9.17) is 4.74 Å². The SMILES string of the molecule is O=C(CCn1cnnn1)N1CC[C@H]2[C@@H]1CCN2C(=O)COc1ccc(F)cc1. The molecule has 0 unspecified atom stereocenters. The number of carbonyl (C=O) groups excluding carboxylic acids is 2. The van der Waals surface area contributed by atoms with Gasteiger partial charge in [0.2, 0.25) is 5.91 Å². The van der Waals surface area contributed by atoms with Gasteiger partial charge in [0.15, 0.2) is 6.61 Å². The number of fused-ring (bicyclic) bond motifs is 1. The Morgan fingerprint density at radius 2 is 1.75 bits per heavy atom. The molecule has 2 saturated heterocycles. The zero-order chi connectivity index (χ0) is 19.5. The lowest BCUT2D eigenvalue weighted by Gasteiger charge is -2.25. The lowest BCUT2D eigenvalue weighted by Crippen LogP contribution is -2.43. The standard InChI is InChI=1S/C18H21FN6O3/c19-13-1-3-14(4-2-13)28-11-18(27)25-10-6-15-16(25)5-9-24(15)17(26)7-8-23-12-20-21-22-23/h1-4,12,15-16H,5-11H2/t15-,16-/m0/s1. The summed E-state index contributed by atoms with van der Waals surface area (Å²) >= 11 is 0. The van der Waals surface area contributed by atoms with E-state index in [2.05, 4.69) is 15.5 Å². The summed E-state index contributed by atoms with van der Waals surface area (Å²) in [4.78, 5) is 28.9. The predicted molar refractivity (Wildman–Crippen MR) is 94.6 cm³/mol. The molecule has 2 aliphatic rings. The van der Waals surface area contributed by atoms with E-state index in [-0.39, 0.29) is 36.3 Å². The molecule has 2 aliphatic heterocycles. The number of amides is 2. The largest absolute Gasteiger partial charge is 0.484 e. The maximum atomic E-state index is 12.9. The quantitative estimate of drug-likeness (QED) is 0.715. The molecule has 0 spiro atoms. The van der Waals surface area contributed by atoms with Gasteiger partial charge in [-0.25, -0.2) is 9.07 Å². The second-order valence-electron chi connectivity index (χ2n) is 6.95. The molecule has 0 bridgehead atoms. The Labute approximate surface area is 161 Å². The summed E-state index contributed by atoms with van der Waals surface area (Å²) in [5.74, 6) is 0.0489. The van der Waals surface area contributed by atoms with Gasteiger partial charge in [0.05, 0.1) is 18.6 Å². The summed E-state index contributed by atoms with van der Waals surface area (Å²) in [6.45, 7) is 1.60. The molecule has 10 heteroatoms. The van der Waals surface area contributed by atoms with Crippen molar-refractivity contribution in [1.29, 1.82) is 0 Å². The molecule has 28 heavy (non-hydrogen) atoms. The molecule has 2 fully saturated rings. The first kappa shape index (κ1) is 18.3. The van der Waals surface area contributed by atoms with Gasteiger partial charge < -0.3 is 14.5 Å². The first-order valence-electron chi connectivity index (χ1n) is 9.30. The minimum atomic E-state index is -0.350. The molecular weight excluding hydrogens is 367 g/mol. The van der Waals surface area contributed by atoms with Crippen molar-refractivity contribution in [3.8, 4) is 5.75 Å². The molecule has 9 nitrogen and oxygen atoms in total. The van der Waals surface area contributed by atoms with E-state index in [0.717, 1.165) is 12.8 Å². The molecule has 2 atom stereocenters. The Morgan fingerprint density at radius 1 is 1.07 bits per heavy atom. The van der Waals surface area contributed by atoms with E-state index in [1.165, 1.54) is 35.3 Å². The smallest absolute Gasteiger partial charge is 0.260 e. The van der Waals surface area contributed by atoms with Gasteiger partial charge in [-0.1, -0.05) is 0 Å². The highest BCUT2D eigenvalue weighted by atomic mass is 19.1. The number of tetrazole rings is 1. The van der Waals surface area contributed by atoms with Gasteiger partial charge in [-0.3, -0.25) is 9.59 Å². The fourth-order valence-corrected chi connectivity index (χ4v) is 4.00. The van der Waals surface area contributed by atoms with Crippen molar-refractivity contribution in [2.24, 2.45) is 0 Å². The number of halogens is 1. The summed E-state index contributed by atoms with van der Waals surface area (Å²) in [5.41, 5.74) is 0. The van der Waals surface area contributed by atoms with Gasteiger partial charge in [-0.2, -0.15) is 0 Å². The van der Waals surface area contributed by atoms with Crippen molar-refractivity contribution >= 4 is 11.8 Å². The van der Waals surface area contributed by atoms with Crippen LogP contribution in [0, 0.1) is 5.82 Å². The van der Waals surface area contributed by atoms with Crippen molar-refractivity contribution < 1.29 is 18.7 Å². The molecule has 3 heterocycles. The number of ether oxygens (including phenoxy) is 1. The van der Waals surface area contributed by atoms with Crippen LogP contribution in [-0.2, 0) is 16.1 Å². The normalized spacial score (nSPS) is 21.0. The third-order valence-electron chi connectivity index (χ3n) is 5.34. The zero-order valence-electron chi connectivity index (χ0n) is 15.3. The number of rotatable bonds is 6. The first-order chi connectivity index (χ1) is 13.6. The number of nitrogens with zero attached hydrogens (tertiary/aromatic N) is 6. The van der Waals surface area contributed by atoms with E-state index >= 15 is 0 Å². The van der Waals surface area contributed by atoms with E-state index in [1.807, 2.05) is 9.80 Å². The van der Waals surface area contributed by atoms with E-state index in [9.17, 15) is 14.0 Å². The minimum Gasteiger partial charge on any atom is -0.484 e. The van der Waals surface area contributed by atoms with Crippen LogP contribution in [0.3, 0.4) is 0 Å². The lowest BCUT2D eigenvalue weighted by atomic mass is 10.1. The second-order valence-corrected chi connectivity index (χ2v) is 6.95. The van der Waals surface area contributed by atoms with Gasteiger partial charge >= 0.3 is 0 Å². The highest BCUT2D eigenvalue weighted by molar-refractivity contribution is 5.80. The average Bonchev–Trinajstić information content (AvgIpc) is 3.42. The van der Waals surface area contributed by atoms with Crippen molar-refractivity contribution in [2.45, 2.75) is 37.9 Å². The average molecular weight is 388 g/mol. The Balaban J connectivity index is 1.29. The van der Waals surface area contributed by atoms with Crippen molar-refractivity contribution in [2.75, 3.05) is 19.7 Å². The molecule has 0 N–H and O–H groups in total. The predicted octanol–water partition coefficient (Wildman–Crippen LogP) is 0.483. The fourth-order valence-electron chi connectivity index (χ4n) is 4.00. The number of hydrogen-bond acceptors (Lipinski definition) is 6. The lowest BCUT2D eigenvalue weighted by molar-refractivity contribution is -0.135. The molecular formula is C18H21FN6O3. The highest BCUT2D eigenvalue weighted by Crippen LogP contribution is 2.32. The van der Waals surface area contributed by atoms with Crippen LogP contribution < -0.4 is 4.74 Å². The first-order valence-corrected chi connectivity index (χ1v) is 9.30. The molecule has 4 rings (SSSR count). The Kier molecular flexibility index (Phi) is 5.18. The molecule has 0 saturated carbocycles. The molecule has 1 aromatic carbocycles. The van der Waals surface area contributed by atoms with Crippen LogP contribution in [0.15, 0.2) is 30.6 Å². The van der Waals surface area contributed by atoms with Crippen molar-refractivity contribution in [3.05, 3.63) is 36.4 Å². The van der Waals surface area contributed by atoms with Crippen LogP contribution in [0.25, 0.3) is 0 Å². The molecule has 1 aromatic heterocycles. The number of likely N-dealkylation sites (tertiary alicyclic amines) is 2. The number of aromatic nitrogens is 4. The number of hydrogen-bond donors (Lipinski definition) is 0. The van der Waals surface area contributed by atoms with Gasteiger partial charge in [0.25, 0.3) is 5.91 Å². The van der Waals surface area contributed by atoms with E-state index in [0.29, 0.717) is 31.8 Å². The molecule has 0 aliphatic carbocycles. The van der Waals surface area contributed by atoms with Crippen LogP contribution in [0.1, 0.15) is 19.3 Å². The summed E-state index contributed by atoms with van der Waals surface area (Å²) in [7, 11) is 0. The maximum Gasteiger partial charge on any atom is 0.260 e. The Morgan fingerprint density at radius 3 is 2.39 bits per heavy atom. The van der Waals surface area contributed by atoms with Crippen molar-refractivity contribution in [1.82, 2.24) is 30.0 Å². The number of benzene rings is 1. The number of carbonyl (C=O) groups is 2. The third-order valence-corrected chi connectivity index (χ3v) is 5.34. The Hall–Kier alpha value is -3.04. The topological polar surface area (TPSA) is 93.5 Å². The summed E-state index contributed by atoms with van der Waals surface area (Å²) in [6.07, 6.45) is 3.35. The molecule has 2 amide bonds.